The van der Waals surface area contributed by atoms with Crippen LogP contribution < -0.4 is 5.73 Å². The molecular weight excluding hydrogens is 246 g/mol. The first-order chi connectivity index (χ1) is 9.30. The lowest BCUT2D eigenvalue weighted by Crippen LogP contribution is -2.32. The minimum atomic E-state index is 0.287. The maximum absolute atomic E-state index is 6.24. The normalized spacial score (nSPS) is 13.8. The predicted molar refractivity (Wildman–Crippen MR) is 86.6 cm³/mol. The molecule has 20 heavy (non-hydrogen) atoms. The first-order valence-electron chi connectivity index (χ1n) is 7.70. The van der Waals surface area contributed by atoms with Gasteiger partial charge in [0.15, 0.2) is 0 Å². The summed E-state index contributed by atoms with van der Waals surface area (Å²) in [6.45, 7) is 14.0. The van der Waals surface area contributed by atoms with Crippen LogP contribution in [0, 0.1) is 12.3 Å². The van der Waals surface area contributed by atoms with Gasteiger partial charge in [-0.15, -0.1) is 0 Å². The summed E-state index contributed by atoms with van der Waals surface area (Å²) in [5.74, 6) is 0. The molecule has 0 amide bonds. The van der Waals surface area contributed by atoms with Crippen LogP contribution in [0.15, 0.2) is 18.2 Å². The second kappa shape index (κ2) is 7.75. The highest BCUT2D eigenvalue weighted by molar-refractivity contribution is 5.09. The summed E-state index contributed by atoms with van der Waals surface area (Å²) >= 11 is 0. The Labute approximate surface area is 124 Å². The predicted octanol–water partition coefficient (Wildman–Crippen LogP) is 3.37. The molecule has 1 unspecified atom stereocenters. The Kier molecular flexibility index (Phi) is 6.63. The maximum atomic E-state index is 6.24. The van der Waals surface area contributed by atoms with E-state index in [1.54, 1.807) is 0 Å². The average molecular weight is 277 g/mol. The SMILES string of the molecule is CCN(CCC(N)CC(C)(C)C)Cc1cccc(C)n1. The Morgan fingerprint density at radius 3 is 2.55 bits per heavy atom. The summed E-state index contributed by atoms with van der Waals surface area (Å²) in [6.07, 6.45) is 2.13. The van der Waals surface area contributed by atoms with Gasteiger partial charge in [-0.2, -0.15) is 0 Å². The Balaban J connectivity index is 2.43. The zero-order valence-electron chi connectivity index (χ0n) is 13.8. The van der Waals surface area contributed by atoms with Crippen molar-refractivity contribution in [2.45, 2.75) is 60.0 Å². The number of nitrogens with two attached hydrogens (primary N) is 1. The molecule has 1 aromatic rings. The topological polar surface area (TPSA) is 42.1 Å². The van der Waals surface area contributed by atoms with E-state index in [0.29, 0.717) is 5.41 Å². The average Bonchev–Trinajstić information content (AvgIpc) is 2.32. The van der Waals surface area contributed by atoms with E-state index in [1.807, 2.05) is 13.0 Å². The molecule has 1 aromatic heterocycles. The molecule has 2 N–H and O–H groups in total. The molecule has 114 valence electrons. The van der Waals surface area contributed by atoms with Crippen molar-refractivity contribution >= 4 is 0 Å². The molecule has 0 aromatic carbocycles. The van der Waals surface area contributed by atoms with E-state index in [9.17, 15) is 0 Å². The standard InChI is InChI=1S/C17H31N3/c1-6-20(11-10-15(18)12-17(3,4)5)13-16-9-7-8-14(2)19-16/h7-9,15H,6,10-13,18H2,1-5H3. The molecule has 0 radical (unpaired) electrons. The van der Waals surface area contributed by atoms with Crippen LogP contribution in [-0.4, -0.2) is 29.0 Å². The minimum Gasteiger partial charge on any atom is -0.328 e. The molecule has 0 saturated heterocycles. The van der Waals surface area contributed by atoms with Gasteiger partial charge in [0.1, 0.15) is 0 Å². The van der Waals surface area contributed by atoms with Crippen molar-refractivity contribution in [3.63, 3.8) is 0 Å². The van der Waals surface area contributed by atoms with E-state index in [-0.39, 0.29) is 6.04 Å². The second-order valence-electron chi connectivity index (χ2n) is 6.95. The molecular formula is C17H31N3. The number of aromatic nitrogens is 1. The summed E-state index contributed by atoms with van der Waals surface area (Å²) in [5, 5.41) is 0. The fourth-order valence-electron chi connectivity index (χ4n) is 2.50. The Morgan fingerprint density at radius 1 is 1.30 bits per heavy atom. The van der Waals surface area contributed by atoms with E-state index in [1.165, 1.54) is 0 Å². The van der Waals surface area contributed by atoms with Gasteiger partial charge < -0.3 is 5.73 Å². The zero-order valence-corrected chi connectivity index (χ0v) is 13.8. The van der Waals surface area contributed by atoms with Gasteiger partial charge in [-0.3, -0.25) is 9.88 Å². The number of rotatable bonds is 7. The fraction of sp³-hybridized carbons (Fsp3) is 0.706. The lowest BCUT2D eigenvalue weighted by atomic mass is 9.87. The van der Waals surface area contributed by atoms with E-state index in [0.717, 1.165) is 43.9 Å². The lowest BCUT2D eigenvalue weighted by Gasteiger charge is -2.26. The zero-order chi connectivity index (χ0) is 15.2. The van der Waals surface area contributed by atoms with Crippen molar-refractivity contribution in [1.82, 2.24) is 9.88 Å². The van der Waals surface area contributed by atoms with Crippen LogP contribution in [-0.2, 0) is 6.54 Å². The van der Waals surface area contributed by atoms with Crippen LogP contribution in [0.2, 0.25) is 0 Å². The quantitative estimate of drug-likeness (QED) is 0.831. The molecule has 1 rings (SSSR count). The van der Waals surface area contributed by atoms with Crippen LogP contribution in [0.3, 0.4) is 0 Å². The Hall–Kier alpha value is -0.930. The molecule has 3 nitrogen and oxygen atoms in total. The van der Waals surface area contributed by atoms with Gasteiger partial charge in [-0.1, -0.05) is 33.8 Å². The number of aryl methyl sites for hydroxylation is 1. The van der Waals surface area contributed by atoms with Crippen LogP contribution >= 0.6 is 0 Å². The maximum Gasteiger partial charge on any atom is 0.0547 e. The first kappa shape index (κ1) is 17.1. The second-order valence-corrected chi connectivity index (χ2v) is 6.95. The van der Waals surface area contributed by atoms with E-state index < -0.39 is 0 Å². The highest BCUT2D eigenvalue weighted by atomic mass is 15.1. The minimum absolute atomic E-state index is 0.287. The first-order valence-corrected chi connectivity index (χ1v) is 7.70. The van der Waals surface area contributed by atoms with Crippen molar-refractivity contribution in [1.29, 1.82) is 0 Å². The fourth-order valence-corrected chi connectivity index (χ4v) is 2.50. The summed E-state index contributed by atoms with van der Waals surface area (Å²) in [7, 11) is 0. The third-order valence-electron chi connectivity index (χ3n) is 3.47. The summed E-state index contributed by atoms with van der Waals surface area (Å²) in [4.78, 5) is 7.00. The highest BCUT2D eigenvalue weighted by Crippen LogP contribution is 2.21. The number of hydrogen-bond acceptors (Lipinski definition) is 3. The van der Waals surface area contributed by atoms with Gasteiger partial charge in [0, 0.05) is 24.8 Å². The summed E-state index contributed by atoms with van der Waals surface area (Å²) < 4.78 is 0. The third kappa shape index (κ3) is 7.01. The van der Waals surface area contributed by atoms with Crippen LogP contribution in [0.5, 0.6) is 0 Å². The van der Waals surface area contributed by atoms with Gasteiger partial charge >= 0.3 is 0 Å². The molecule has 0 bridgehead atoms. The van der Waals surface area contributed by atoms with Gasteiger partial charge in [-0.05, 0) is 43.9 Å². The van der Waals surface area contributed by atoms with Crippen LogP contribution in [0.4, 0.5) is 0 Å². The Morgan fingerprint density at radius 2 is 2.00 bits per heavy atom. The molecule has 0 saturated carbocycles. The van der Waals surface area contributed by atoms with Crippen molar-refractivity contribution in [3.8, 4) is 0 Å². The smallest absolute Gasteiger partial charge is 0.0547 e. The van der Waals surface area contributed by atoms with Crippen molar-refractivity contribution in [2.24, 2.45) is 11.1 Å². The van der Waals surface area contributed by atoms with Crippen LogP contribution in [0.25, 0.3) is 0 Å². The Bertz CT molecular complexity index is 395. The molecule has 0 aliphatic carbocycles. The molecule has 0 fully saturated rings. The summed E-state index contributed by atoms with van der Waals surface area (Å²) in [5.41, 5.74) is 8.79. The molecule has 1 atom stereocenters. The number of pyridine rings is 1. The lowest BCUT2D eigenvalue weighted by molar-refractivity contribution is 0.247. The molecule has 0 aliphatic heterocycles. The monoisotopic (exact) mass is 277 g/mol. The van der Waals surface area contributed by atoms with Crippen molar-refractivity contribution < 1.29 is 0 Å². The molecule has 0 aliphatic rings. The van der Waals surface area contributed by atoms with E-state index >= 15 is 0 Å². The van der Waals surface area contributed by atoms with Crippen LogP contribution in [0.1, 0.15) is 51.9 Å². The number of hydrogen-bond donors (Lipinski definition) is 1. The van der Waals surface area contributed by atoms with Gasteiger partial charge in [0.2, 0.25) is 0 Å². The molecule has 1 heterocycles. The van der Waals surface area contributed by atoms with Gasteiger partial charge in [0.25, 0.3) is 0 Å². The highest BCUT2D eigenvalue weighted by Gasteiger charge is 2.16. The molecule has 3 heteroatoms. The molecule has 0 spiro atoms. The third-order valence-corrected chi connectivity index (χ3v) is 3.47. The largest absolute Gasteiger partial charge is 0.328 e. The van der Waals surface area contributed by atoms with E-state index in [4.69, 9.17) is 5.73 Å². The number of nitrogens with zero attached hydrogens (tertiary/aromatic N) is 2. The summed E-state index contributed by atoms with van der Waals surface area (Å²) in [6, 6.07) is 6.51. The van der Waals surface area contributed by atoms with Crippen molar-refractivity contribution in [3.05, 3.63) is 29.6 Å². The van der Waals surface area contributed by atoms with Gasteiger partial charge in [-0.25, -0.2) is 0 Å². The van der Waals surface area contributed by atoms with Gasteiger partial charge in [0.05, 0.1) is 5.69 Å². The van der Waals surface area contributed by atoms with E-state index in [2.05, 4.69) is 49.7 Å². The van der Waals surface area contributed by atoms with Crippen molar-refractivity contribution in [2.75, 3.05) is 13.1 Å².